The van der Waals surface area contributed by atoms with Gasteiger partial charge in [0.15, 0.2) is 0 Å². The van der Waals surface area contributed by atoms with E-state index in [1.54, 1.807) is 6.20 Å². The van der Waals surface area contributed by atoms with Crippen molar-refractivity contribution in [2.45, 2.75) is 25.3 Å². The number of nitrogens with zero attached hydrogens (tertiary/aromatic N) is 3. The van der Waals surface area contributed by atoms with E-state index in [1.807, 2.05) is 24.4 Å². The topological polar surface area (TPSA) is 50.7 Å². The van der Waals surface area contributed by atoms with Crippen molar-refractivity contribution in [3.8, 4) is 0 Å². The van der Waals surface area contributed by atoms with Crippen LogP contribution < -0.4 is 5.32 Å². The van der Waals surface area contributed by atoms with E-state index in [1.165, 1.54) is 12.8 Å². The molecular weight excluding hydrogens is 292 g/mol. The first-order chi connectivity index (χ1) is 8.81. The van der Waals surface area contributed by atoms with Crippen molar-refractivity contribution >= 4 is 21.7 Å². The van der Waals surface area contributed by atoms with Gasteiger partial charge in [0.1, 0.15) is 16.2 Å². The lowest BCUT2D eigenvalue weighted by Crippen LogP contribution is -2.04. The van der Waals surface area contributed by atoms with Gasteiger partial charge in [-0.2, -0.15) is 0 Å². The monoisotopic (exact) mass is 304 g/mol. The summed E-state index contributed by atoms with van der Waals surface area (Å²) in [5, 5.41) is 3.30. The molecule has 4 nitrogen and oxygen atoms in total. The smallest absolute Gasteiger partial charge is 0.135 e. The third kappa shape index (κ3) is 2.85. The molecular formula is C13H13BrN4. The predicted molar refractivity (Wildman–Crippen MR) is 73.3 cm³/mol. The van der Waals surface area contributed by atoms with E-state index in [9.17, 15) is 0 Å². The Labute approximate surface area is 114 Å². The molecule has 1 saturated carbocycles. The minimum atomic E-state index is 0.557. The molecule has 1 fully saturated rings. The van der Waals surface area contributed by atoms with Gasteiger partial charge in [0, 0.05) is 30.9 Å². The Bertz CT molecular complexity index is 540. The fraction of sp³-hybridized carbons (Fsp3) is 0.308. The lowest BCUT2D eigenvalue weighted by atomic mass is 10.3. The van der Waals surface area contributed by atoms with Gasteiger partial charge in [0.05, 0.1) is 0 Å². The van der Waals surface area contributed by atoms with E-state index in [2.05, 4.69) is 36.2 Å². The van der Waals surface area contributed by atoms with Gasteiger partial charge in [-0.3, -0.25) is 4.98 Å². The van der Waals surface area contributed by atoms with E-state index in [4.69, 9.17) is 0 Å². The van der Waals surface area contributed by atoms with Gasteiger partial charge in [-0.1, -0.05) is 6.07 Å². The summed E-state index contributed by atoms with van der Waals surface area (Å²) in [4.78, 5) is 13.0. The summed E-state index contributed by atoms with van der Waals surface area (Å²) in [5.74, 6) is 2.36. The molecule has 5 heteroatoms. The molecule has 0 amide bonds. The van der Waals surface area contributed by atoms with Gasteiger partial charge >= 0.3 is 0 Å². The maximum absolute atomic E-state index is 4.54. The van der Waals surface area contributed by atoms with Crippen molar-refractivity contribution < 1.29 is 0 Å². The Morgan fingerprint density at radius 2 is 2.22 bits per heavy atom. The number of hydrogen-bond acceptors (Lipinski definition) is 4. The van der Waals surface area contributed by atoms with E-state index in [0.717, 1.165) is 28.4 Å². The normalized spacial score (nSPS) is 14.5. The molecule has 1 aliphatic rings. The number of halogens is 1. The molecule has 2 aromatic rings. The molecule has 0 atom stereocenters. The van der Waals surface area contributed by atoms with Crippen LogP contribution in [0.1, 0.15) is 30.1 Å². The zero-order valence-corrected chi connectivity index (χ0v) is 11.4. The minimum absolute atomic E-state index is 0.557. The van der Waals surface area contributed by atoms with Gasteiger partial charge in [0.25, 0.3) is 0 Å². The Morgan fingerprint density at radius 1 is 1.33 bits per heavy atom. The number of rotatable bonds is 4. The molecule has 0 unspecified atom stereocenters. The standard InChI is InChI=1S/C13H13BrN4/c14-11-6-12(18-13(17-11)10-3-4-10)16-8-9-2-1-5-15-7-9/h1-2,5-7,10H,3-4,8H2,(H,16,17,18). The van der Waals surface area contributed by atoms with E-state index >= 15 is 0 Å². The first-order valence-corrected chi connectivity index (χ1v) is 6.78. The second kappa shape index (κ2) is 5.02. The number of nitrogens with one attached hydrogen (secondary N) is 1. The van der Waals surface area contributed by atoms with Crippen LogP contribution >= 0.6 is 15.9 Å². The van der Waals surface area contributed by atoms with Gasteiger partial charge in [-0.15, -0.1) is 0 Å². The van der Waals surface area contributed by atoms with Crippen LogP contribution in [0.25, 0.3) is 0 Å². The van der Waals surface area contributed by atoms with Crippen molar-refractivity contribution in [2.24, 2.45) is 0 Å². The minimum Gasteiger partial charge on any atom is -0.366 e. The largest absolute Gasteiger partial charge is 0.366 e. The summed E-state index contributed by atoms with van der Waals surface area (Å²) in [6.07, 6.45) is 6.04. The molecule has 0 bridgehead atoms. The third-order valence-corrected chi connectivity index (χ3v) is 3.26. The lowest BCUT2D eigenvalue weighted by Gasteiger charge is -2.07. The second-order valence-corrected chi connectivity index (χ2v) is 5.24. The predicted octanol–water partition coefficient (Wildman–Crippen LogP) is 3.12. The summed E-state index contributed by atoms with van der Waals surface area (Å²) >= 11 is 3.43. The number of hydrogen-bond donors (Lipinski definition) is 1. The van der Waals surface area contributed by atoms with Gasteiger partial charge in [0.2, 0.25) is 0 Å². The Balaban J connectivity index is 1.72. The lowest BCUT2D eigenvalue weighted by molar-refractivity contribution is 0.909. The molecule has 0 saturated heterocycles. The van der Waals surface area contributed by atoms with Crippen molar-refractivity contribution in [1.29, 1.82) is 0 Å². The Morgan fingerprint density at radius 3 is 2.94 bits per heavy atom. The van der Waals surface area contributed by atoms with Gasteiger partial charge in [-0.05, 0) is 40.4 Å². The highest BCUT2D eigenvalue weighted by molar-refractivity contribution is 9.10. The van der Waals surface area contributed by atoms with Crippen molar-refractivity contribution in [3.05, 3.63) is 46.6 Å². The molecule has 92 valence electrons. The highest BCUT2D eigenvalue weighted by Crippen LogP contribution is 2.38. The maximum atomic E-state index is 4.54. The summed E-state index contributed by atoms with van der Waals surface area (Å²) in [7, 11) is 0. The maximum Gasteiger partial charge on any atom is 0.135 e. The number of anilines is 1. The van der Waals surface area contributed by atoms with Crippen LogP contribution in [0.3, 0.4) is 0 Å². The number of aromatic nitrogens is 3. The first-order valence-electron chi connectivity index (χ1n) is 5.98. The summed E-state index contributed by atoms with van der Waals surface area (Å²) in [6.45, 7) is 0.724. The fourth-order valence-corrected chi connectivity index (χ4v) is 2.14. The van der Waals surface area contributed by atoms with Crippen LogP contribution in [0.15, 0.2) is 35.2 Å². The Hall–Kier alpha value is -1.49. The molecule has 1 N–H and O–H groups in total. The summed E-state index contributed by atoms with van der Waals surface area (Å²) < 4.78 is 0.841. The quantitative estimate of drug-likeness (QED) is 0.882. The van der Waals surface area contributed by atoms with Crippen molar-refractivity contribution in [2.75, 3.05) is 5.32 Å². The van der Waals surface area contributed by atoms with Crippen LogP contribution in [0.2, 0.25) is 0 Å². The molecule has 0 aromatic carbocycles. The molecule has 2 aromatic heterocycles. The average Bonchev–Trinajstić information content (AvgIpc) is 3.21. The third-order valence-electron chi connectivity index (χ3n) is 2.85. The molecule has 18 heavy (non-hydrogen) atoms. The fourth-order valence-electron chi connectivity index (χ4n) is 1.75. The second-order valence-electron chi connectivity index (χ2n) is 4.42. The molecule has 0 radical (unpaired) electrons. The van der Waals surface area contributed by atoms with E-state index < -0.39 is 0 Å². The summed E-state index contributed by atoms with van der Waals surface area (Å²) in [6, 6.07) is 5.88. The molecule has 0 spiro atoms. The van der Waals surface area contributed by atoms with Crippen LogP contribution in [-0.4, -0.2) is 15.0 Å². The average molecular weight is 305 g/mol. The summed E-state index contributed by atoms with van der Waals surface area (Å²) in [5.41, 5.74) is 1.14. The van der Waals surface area contributed by atoms with Crippen LogP contribution in [0.5, 0.6) is 0 Å². The zero-order chi connectivity index (χ0) is 12.4. The van der Waals surface area contributed by atoms with Crippen LogP contribution in [0, 0.1) is 0 Å². The van der Waals surface area contributed by atoms with E-state index in [-0.39, 0.29) is 0 Å². The molecule has 1 aliphatic carbocycles. The van der Waals surface area contributed by atoms with Crippen LogP contribution in [0.4, 0.5) is 5.82 Å². The first kappa shape index (κ1) is 11.6. The number of pyridine rings is 1. The van der Waals surface area contributed by atoms with Crippen LogP contribution in [-0.2, 0) is 6.54 Å². The van der Waals surface area contributed by atoms with Crippen molar-refractivity contribution in [3.63, 3.8) is 0 Å². The molecule has 2 heterocycles. The zero-order valence-electron chi connectivity index (χ0n) is 9.81. The highest BCUT2D eigenvalue weighted by Gasteiger charge is 2.27. The van der Waals surface area contributed by atoms with Gasteiger partial charge < -0.3 is 5.32 Å². The molecule has 0 aliphatic heterocycles. The van der Waals surface area contributed by atoms with E-state index in [0.29, 0.717) is 5.92 Å². The SMILES string of the molecule is Brc1cc(NCc2cccnc2)nc(C2CC2)n1. The van der Waals surface area contributed by atoms with Crippen molar-refractivity contribution in [1.82, 2.24) is 15.0 Å². The molecule has 3 rings (SSSR count). The highest BCUT2D eigenvalue weighted by atomic mass is 79.9. The van der Waals surface area contributed by atoms with Gasteiger partial charge in [-0.25, -0.2) is 9.97 Å². The Kier molecular flexibility index (Phi) is 3.23.